The molecule has 0 spiro atoms. The first-order valence-corrected chi connectivity index (χ1v) is 7.91. The molecule has 0 heterocycles. The summed E-state index contributed by atoms with van der Waals surface area (Å²) < 4.78 is 0. The van der Waals surface area contributed by atoms with Crippen molar-refractivity contribution in [1.82, 2.24) is 5.32 Å². The van der Waals surface area contributed by atoms with Crippen molar-refractivity contribution in [1.29, 1.82) is 0 Å². The standard InChI is InChI=1S/C16H23N3O3/c20-16(10-9-13-5-1-2-6-13)18-12-11-17-14-7-3-4-8-15(14)19(21)22/h3-4,7-8,13,17H,1-2,5-6,9-12H2,(H,18,20). The van der Waals surface area contributed by atoms with Crippen molar-refractivity contribution in [3.05, 3.63) is 34.4 Å². The molecule has 0 aliphatic heterocycles. The fraction of sp³-hybridized carbons (Fsp3) is 0.562. The Kier molecular flexibility index (Phi) is 6.18. The smallest absolute Gasteiger partial charge is 0.292 e. The first-order chi connectivity index (χ1) is 10.7. The fourth-order valence-electron chi connectivity index (χ4n) is 2.90. The van der Waals surface area contributed by atoms with E-state index in [0.29, 0.717) is 25.2 Å². The quantitative estimate of drug-likeness (QED) is 0.439. The van der Waals surface area contributed by atoms with Crippen LogP contribution in [0.2, 0.25) is 0 Å². The van der Waals surface area contributed by atoms with E-state index in [1.54, 1.807) is 18.2 Å². The molecule has 22 heavy (non-hydrogen) atoms. The normalized spacial score (nSPS) is 14.7. The van der Waals surface area contributed by atoms with Crippen LogP contribution in [-0.4, -0.2) is 23.9 Å². The average molecular weight is 305 g/mol. The molecule has 0 atom stereocenters. The van der Waals surface area contributed by atoms with Crippen LogP contribution in [0.25, 0.3) is 0 Å². The summed E-state index contributed by atoms with van der Waals surface area (Å²) in [6.07, 6.45) is 6.66. The van der Waals surface area contributed by atoms with E-state index in [-0.39, 0.29) is 11.6 Å². The van der Waals surface area contributed by atoms with Crippen LogP contribution >= 0.6 is 0 Å². The summed E-state index contributed by atoms with van der Waals surface area (Å²) in [5.74, 6) is 0.784. The van der Waals surface area contributed by atoms with Gasteiger partial charge in [0.05, 0.1) is 4.92 Å². The van der Waals surface area contributed by atoms with Gasteiger partial charge < -0.3 is 10.6 Å². The van der Waals surface area contributed by atoms with Gasteiger partial charge in [-0.2, -0.15) is 0 Å². The molecule has 0 unspecified atom stereocenters. The summed E-state index contributed by atoms with van der Waals surface area (Å²) >= 11 is 0. The maximum Gasteiger partial charge on any atom is 0.292 e. The number of hydrogen-bond donors (Lipinski definition) is 2. The first kappa shape index (κ1) is 16.3. The number of nitrogens with zero attached hydrogens (tertiary/aromatic N) is 1. The second kappa shape index (κ2) is 8.36. The molecule has 6 nitrogen and oxygen atoms in total. The number of nitro benzene ring substituents is 1. The molecular formula is C16H23N3O3. The Balaban J connectivity index is 1.64. The molecule has 0 aromatic heterocycles. The largest absolute Gasteiger partial charge is 0.378 e. The van der Waals surface area contributed by atoms with Crippen molar-refractivity contribution in [2.24, 2.45) is 5.92 Å². The highest BCUT2D eigenvalue weighted by Crippen LogP contribution is 2.28. The van der Waals surface area contributed by atoms with Crippen LogP contribution in [0.3, 0.4) is 0 Å². The maximum absolute atomic E-state index is 11.7. The molecule has 2 N–H and O–H groups in total. The second-order valence-corrected chi connectivity index (χ2v) is 5.74. The monoisotopic (exact) mass is 305 g/mol. The van der Waals surface area contributed by atoms with Crippen LogP contribution in [0, 0.1) is 16.0 Å². The molecule has 1 aliphatic rings. The molecular weight excluding hydrogens is 282 g/mol. The first-order valence-electron chi connectivity index (χ1n) is 7.91. The molecule has 1 aromatic carbocycles. The van der Waals surface area contributed by atoms with Crippen LogP contribution in [0.15, 0.2) is 24.3 Å². The lowest BCUT2D eigenvalue weighted by molar-refractivity contribution is -0.384. The lowest BCUT2D eigenvalue weighted by Crippen LogP contribution is -2.28. The molecule has 2 rings (SSSR count). The molecule has 6 heteroatoms. The number of hydrogen-bond acceptors (Lipinski definition) is 4. The van der Waals surface area contributed by atoms with Crippen LogP contribution in [0.5, 0.6) is 0 Å². The lowest BCUT2D eigenvalue weighted by atomic mass is 10.0. The lowest BCUT2D eigenvalue weighted by Gasteiger charge is -2.10. The summed E-state index contributed by atoms with van der Waals surface area (Å²) in [5, 5.41) is 16.7. The third kappa shape index (κ3) is 5.02. The van der Waals surface area contributed by atoms with Gasteiger partial charge in [-0.05, 0) is 18.4 Å². The van der Waals surface area contributed by atoms with E-state index in [1.165, 1.54) is 31.7 Å². The Bertz CT molecular complexity index is 513. The Morgan fingerprint density at radius 3 is 2.68 bits per heavy atom. The van der Waals surface area contributed by atoms with E-state index < -0.39 is 4.92 Å². The van der Waals surface area contributed by atoms with E-state index in [0.717, 1.165) is 12.3 Å². The molecule has 1 amide bonds. The number of nitrogens with one attached hydrogen (secondary N) is 2. The number of nitro groups is 1. The van der Waals surface area contributed by atoms with Gasteiger partial charge in [0, 0.05) is 25.6 Å². The predicted octanol–water partition coefficient (Wildman–Crippen LogP) is 3.09. The van der Waals surface area contributed by atoms with Gasteiger partial charge >= 0.3 is 0 Å². The minimum Gasteiger partial charge on any atom is -0.378 e. The zero-order valence-electron chi connectivity index (χ0n) is 12.7. The third-order valence-electron chi connectivity index (χ3n) is 4.12. The molecule has 1 saturated carbocycles. The SMILES string of the molecule is O=C(CCC1CCCC1)NCCNc1ccccc1[N+](=O)[O-]. The van der Waals surface area contributed by atoms with Crippen LogP contribution in [0.4, 0.5) is 11.4 Å². The summed E-state index contributed by atoms with van der Waals surface area (Å²) in [6.45, 7) is 0.940. The summed E-state index contributed by atoms with van der Waals surface area (Å²) in [5.41, 5.74) is 0.530. The number of carbonyl (C=O) groups is 1. The van der Waals surface area contributed by atoms with Crippen LogP contribution in [-0.2, 0) is 4.79 Å². The highest BCUT2D eigenvalue weighted by atomic mass is 16.6. The van der Waals surface area contributed by atoms with Crippen molar-refractivity contribution in [2.45, 2.75) is 38.5 Å². The summed E-state index contributed by atoms with van der Waals surface area (Å²) in [7, 11) is 0. The Morgan fingerprint density at radius 2 is 1.95 bits per heavy atom. The molecule has 120 valence electrons. The molecule has 1 aliphatic carbocycles. The van der Waals surface area contributed by atoms with Crippen molar-refractivity contribution >= 4 is 17.3 Å². The van der Waals surface area contributed by atoms with Crippen molar-refractivity contribution in [3.63, 3.8) is 0 Å². The minimum atomic E-state index is -0.414. The maximum atomic E-state index is 11.7. The van der Waals surface area contributed by atoms with Crippen molar-refractivity contribution in [3.8, 4) is 0 Å². The number of para-hydroxylation sites is 2. The highest BCUT2D eigenvalue weighted by Gasteiger charge is 2.16. The molecule has 0 radical (unpaired) electrons. The Morgan fingerprint density at radius 1 is 1.23 bits per heavy atom. The van der Waals surface area contributed by atoms with Gasteiger partial charge in [-0.3, -0.25) is 14.9 Å². The minimum absolute atomic E-state index is 0.0510. The summed E-state index contributed by atoms with van der Waals surface area (Å²) in [6, 6.07) is 6.51. The third-order valence-corrected chi connectivity index (χ3v) is 4.12. The van der Waals surface area contributed by atoms with Gasteiger partial charge in [0.2, 0.25) is 5.91 Å². The van der Waals surface area contributed by atoms with Gasteiger partial charge in [-0.15, -0.1) is 0 Å². The predicted molar refractivity (Wildman–Crippen MR) is 85.8 cm³/mol. The van der Waals surface area contributed by atoms with E-state index in [1.807, 2.05) is 0 Å². The van der Waals surface area contributed by atoms with Crippen LogP contribution in [0.1, 0.15) is 38.5 Å². The zero-order valence-corrected chi connectivity index (χ0v) is 12.7. The van der Waals surface area contributed by atoms with E-state index in [2.05, 4.69) is 10.6 Å². The Hall–Kier alpha value is -2.11. The second-order valence-electron chi connectivity index (χ2n) is 5.74. The van der Waals surface area contributed by atoms with Crippen molar-refractivity contribution < 1.29 is 9.72 Å². The summed E-state index contributed by atoms with van der Waals surface area (Å²) in [4.78, 5) is 22.2. The molecule has 0 saturated heterocycles. The number of carbonyl (C=O) groups excluding carboxylic acids is 1. The van der Waals surface area contributed by atoms with E-state index in [4.69, 9.17) is 0 Å². The number of amides is 1. The van der Waals surface area contributed by atoms with Gasteiger partial charge in [0.1, 0.15) is 5.69 Å². The van der Waals surface area contributed by atoms with Gasteiger partial charge in [0.15, 0.2) is 0 Å². The average Bonchev–Trinajstić information content (AvgIpc) is 3.03. The number of rotatable bonds is 8. The highest BCUT2D eigenvalue weighted by molar-refractivity contribution is 5.75. The van der Waals surface area contributed by atoms with E-state index >= 15 is 0 Å². The van der Waals surface area contributed by atoms with Crippen LogP contribution < -0.4 is 10.6 Å². The number of benzene rings is 1. The van der Waals surface area contributed by atoms with Gasteiger partial charge in [-0.25, -0.2) is 0 Å². The molecule has 1 aromatic rings. The van der Waals surface area contributed by atoms with E-state index in [9.17, 15) is 14.9 Å². The topological polar surface area (TPSA) is 84.3 Å². The van der Waals surface area contributed by atoms with Crippen molar-refractivity contribution in [2.75, 3.05) is 18.4 Å². The molecule has 1 fully saturated rings. The number of anilines is 1. The van der Waals surface area contributed by atoms with Gasteiger partial charge in [0.25, 0.3) is 5.69 Å². The molecule has 0 bridgehead atoms. The van der Waals surface area contributed by atoms with Gasteiger partial charge in [-0.1, -0.05) is 37.8 Å². The zero-order chi connectivity index (χ0) is 15.8. The fourth-order valence-corrected chi connectivity index (χ4v) is 2.90. The Labute approximate surface area is 130 Å².